The van der Waals surface area contributed by atoms with Gasteiger partial charge in [0.2, 0.25) is 5.91 Å². The van der Waals surface area contributed by atoms with Crippen molar-refractivity contribution in [2.24, 2.45) is 0 Å². The minimum absolute atomic E-state index is 0.126. The second kappa shape index (κ2) is 21.6. The smallest absolute Gasteiger partial charge is 0.328 e. The fraction of sp³-hybridized carbons (Fsp3) is 0.264. The molecule has 6 aromatic rings. The lowest BCUT2D eigenvalue weighted by Gasteiger charge is -2.37. The van der Waals surface area contributed by atoms with Gasteiger partial charge in [-0.15, -0.1) is 0 Å². The second-order valence-electron chi connectivity index (χ2n) is 17.0. The number of rotatable bonds is 17. The van der Waals surface area contributed by atoms with Crippen LogP contribution in [0.2, 0.25) is 0 Å². The number of imidazole rings is 1. The maximum atomic E-state index is 14.0. The molecule has 0 unspecified atom stereocenters. The molecule has 15 nitrogen and oxygen atoms in total. The first-order chi connectivity index (χ1) is 33.0. The van der Waals surface area contributed by atoms with Crippen LogP contribution < -0.4 is 31.3 Å². The number of hydrogen-bond donors (Lipinski definition) is 6. The SMILES string of the molecule is O=C(O)C=Cc1ccc(NC(=O)C2(NC(=O)c3ccc4c(c3)nc(-c3ccc(OCC(=O)NCCNC(=O)c5ccc(C(=O)c6ccccc6)cc5)cc3)n4C3CCCCC3)CCNCC2)cc1. The van der Waals surface area contributed by atoms with Crippen LogP contribution in [-0.4, -0.2) is 88.4 Å². The Kier molecular flexibility index (Phi) is 14.8. The average Bonchev–Trinajstić information content (AvgIpc) is 3.76. The minimum Gasteiger partial charge on any atom is -0.484 e. The molecular formula is C53H53N7O8. The molecular weight excluding hydrogens is 863 g/mol. The fourth-order valence-electron chi connectivity index (χ4n) is 8.71. The van der Waals surface area contributed by atoms with Gasteiger partial charge in [0.15, 0.2) is 12.4 Å². The van der Waals surface area contributed by atoms with E-state index in [1.165, 1.54) is 12.5 Å². The predicted octanol–water partition coefficient (Wildman–Crippen LogP) is 6.95. The number of fused-ring (bicyclic) bond motifs is 1. The Hall–Kier alpha value is -7.91. The maximum absolute atomic E-state index is 14.0. The summed E-state index contributed by atoms with van der Waals surface area (Å²) in [5.74, 6) is -1.33. The van der Waals surface area contributed by atoms with Gasteiger partial charge < -0.3 is 41.0 Å². The number of piperidine rings is 1. The first-order valence-corrected chi connectivity index (χ1v) is 22.9. The lowest BCUT2D eigenvalue weighted by atomic mass is 9.86. The van der Waals surface area contributed by atoms with E-state index in [4.69, 9.17) is 14.8 Å². The number of ketones is 1. The van der Waals surface area contributed by atoms with Gasteiger partial charge in [-0.3, -0.25) is 24.0 Å². The number of nitrogens with zero attached hydrogens (tertiary/aromatic N) is 2. The van der Waals surface area contributed by atoms with Gasteiger partial charge in [-0.1, -0.05) is 73.9 Å². The van der Waals surface area contributed by atoms with E-state index in [0.29, 0.717) is 70.7 Å². The van der Waals surface area contributed by atoms with Crippen molar-refractivity contribution in [3.8, 4) is 17.1 Å². The highest BCUT2D eigenvalue weighted by molar-refractivity contribution is 6.09. The van der Waals surface area contributed by atoms with Crippen molar-refractivity contribution < 1.29 is 38.6 Å². The average molecular weight is 916 g/mol. The van der Waals surface area contributed by atoms with Crippen molar-refractivity contribution in [3.63, 3.8) is 0 Å². The number of carbonyl (C=O) groups is 6. The van der Waals surface area contributed by atoms with Crippen LogP contribution in [0.4, 0.5) is 5.69 Å². The van der Waals surface area contributed by atoms with E-state index < -0.39 is 11.5 Å². The van der Waals surface area contributed by atoms with E-state index in [2.05, 4.69) is 31.2 Å². The van der Waals surface area contributed by atoms with Crippen molar-refractivity contribution >= 4 is 58.2 Å². The highest BCUT2D eigenvalue weighted by Crippen LogP contribution is 2.37. The summed E-state index contributed by atoms with van der Waals surface area (Å²) in [6.07, 6.45) is 8.65. The van der Waals surface area contributed by atoms with E-state index >= 15 is 0 Å². The zero-order chi connectivity index (χ0) is 47.5. The number of hydrogen-bond acceptors (Lipinski definition) is 9. The molecule has 5 aromatic carbocycles. The number of carboxylic acid groups (broad SMARTS) is 1. The molecule has 8 rings (SSSR count). The third-order valence-corrected chi connectivity index (χ3v) is 12.4. The highest BCUT2D eigenvalue weighted by atomic mass is 16.5. The normalized spacial score (nSPS) is 14.8. The van der Waals surface area contributed by atoms with Gasteiger partial charge in [0, 0.05) is 58.7 Å². The van der Waals surface area contributed by atoms with Gasteiger partial charge in [-0.05, 0) is 117 Å². The summed E-state index contributed by atoms with van der Waals surface area (Å²) in [6.45, 7) is 1.24. The summed E-state index contributed by atoms with van der Waals surface area (Å²) in [5, 5.41) is 23.8. The molecule has 0 spiro atoms. The van der Waals surface area contributed by atoms with Crippen molar-refractivity contribution in [3.05, 3.63) is 155 Å². The van der Waals surface area contributed by atoms with E-state index in [9.17, 15) is 28.8 Å². The number of aliphatic carboxylic acids is 1. The zero-order valence-corrected chi connectivity index (χ0v) is 37.5. The van der Waals surface area contributed by atoms with Crippen LogP contribution in [0, 0.1) is 0 Å². The molecule has 1 aliphatic carbocycles. The quantitative estimate of drug-likeness (QED) is 0.0315. The third-order valence-electron chi connectivity index (χ3n) is 12.4. The van der Waals surface area contributed by atoms with Gasteiger partial charge in [0.1, 0.15) is 17.1 Å². The number of amides is 4. The van der Waals surface area contributed by atoms with Gasteiger partial charge in [0.05, 0.1) is 11.0 Å². The number of anilines is 1. The standard InChI is InChI=1S/C53H53N7O8/c61-46(55-31-32-56-50(65)39-16-14-37(15-17-39)48(64)36-7-3-1-4-8-36)34-68-43-23-18-38(19-24-43)49-58-44-33-40(20-25-45(44)60(49)42-9-5-2-6-10-42)51(66)59-53(27-29-54-30-28-53)52(67)57-41-21-11-35(12-22-41)13-26-47(62)63/h1,3-4,7-8,11-26,33,42,54H,2,5-6,9-10,27-32,34H2,(H,55,61)(H,56,65)(H,57,67)(H,59,66)(H,62,63). The van der Waals surface area contributed by atoms with Gasteiger partial charge in [-0.25, -0.2) is 9.78 Å². The summed E-state index contributed by atoms with van der Waals surface area (Å²) in [7, 11) is 0. The minimum atomic E-state index is -1.17. The van der Waals surface area contributed by atoms with Crippen LogP contribution in [0.25, 0.3) is 28.5 Å². The van der Waals surface area contributed by atoms with Crippen LogP contribution >= 0.6 is 0 Å². The molecule has 2 aliphatic rings. The number of aromatic nitrogens is 2. The molecule has 1 saturated carbocycles. The molecule has 1 aromatic heterocycles. The molecule has 0 bridgehead atoms. The van der Waals surface area contributed by atoms with Crippen molar-refractivity contribution in [1.29, 1.82) is 0 Å². The highest BCUT2D eigenvalue weighted by Gasteiger charge is 2.41. The summed E-state index contributed by atoms with van der Waals surface area (Å²) >= 11 is 0. The first-order valence-electron chi connectivity index (χ1n) is 22.9. The Morgan fingerprint density at radius 3 is 2.10 bits per heavy atom. The lowest BCUT2D eigenvalue weighted by Crippen LogP contribution is -2.61. The number of nitrogens with one attached hydrogen (secondary N) is 5. The first kappa shape index (κ1) is 46.6. The largest absolute Gasteiger partial charge is 0.484 e. The van der Waals surface area contributed by atoms with Crippen molar-refractivity contribution in [2.45, 2.75) is 56.5 Å². The summed E-state index contributed by atoms with van der Waals surface area (Å²) in [6, 6.07) is 35.3. The van der Waals surface area contributed by atoms with Crippen molar-refractivity contribution in [2.75, 3.05) is 38.1 Å². The zero-order valence-electron chi connectivity index (χ0n) is 37.5. The summed E-state index contributed by atoms with van der Waals surface area (Å²) in [4.78, 5) is 82.0. The van der Waals surface area contributed by atoms with Crippen LogP contribution in [0.15, 0.2) is 127 Å². The molecule has 15 heteroatoms. The van der Waals surface area contributed by atoms with E-state index in [1.807, 2.05) is 24.3 Å². The predicted molar refractivity (Wildman–Crippen MR) is 258 cm³/mol. The third kappa shape index (κ3) is 11.4. The Morgan fingerprint density at radius 1 is 0.735 bits per heavy atom. The van der Waals surface area contributed by atoms with E-state index in [0.717, 1.165) is 48.7 Å². The lowest BCUT2D eigenvalue weighted by molar-refractivity contribution is -0.131. The number of ether oxygens (including phenoxy) is 1. The van der Waals surface area contributed by atoms with Crippen molar-refractivity contribution in [1.82, 2.24) is 30.8 Å². The monoisotopic (exact) mass is 915 g/mol. The molecule has 348 valence electrons. The molecule has 6 N–H and O–H groups in total. The molecule has 4 amide bonds. The Labute approximate surface area is 393 Å². The topological polar surface area (TPSA) is 210 Å². The number of carboxylic acids is 1. The molecule has 2 fully saturated rings. The summed E-state index contributed by atoms with van der Waals surface area (Å²) in [5.41, 5.74) is 4.26. The Morgan fingerprint density at radius 2 is 1.40 bits per heavy atom. The van der Waals surface area contributed by atoms with Crippen LogP contribution in [0.5, 0.6) is 5.75 Å². The van der Waals surface area contributed by atoms with E-state index in [1.54, 1.807) is 97.1 Å². The molecule has 68 heavy (non-hydrogen) atoms. The van der Waals surface area contributed by atoms with Crippen LogP contribution in [-0.2, 0) is 14.4 Å². The molecule has 1 aliphatic heterocycles. The van der Waals surface area contributed by atoms with E-state index in [-0.39, 0.29) is 55.2 Å². The molecule has 0 radical (unpaired) electrons. The van der Waals surface area contributed by atoms with Gasteiger partial charge in [-0.2, -0.15) is 0 Å². The fourth-order valence-corrected chi connectivity index (χ4v) is 8.71. The number of benzene rings is 5. The molecule has 0 atom stereocenters. The van der Waals surface area contributed by atoms with Crippen LogP contribution in [0.1, 0.15) is 93.2 Å². The maximum Gasteiger partial charge on any atom is 0.328 e. The van der Waals surface area contributed by atoms with Crippen LogP contribution in [0.3, 0.4) is 0 Å². The number of carbonyl (C=O) groups excluding carboxylic acids is 5. The molecule has 2 heterocycles. The Balaban J connectivity index is 0.881. The second-order valence-corrected chi connectivity index (χ2v) is 17.0. The molecule has 1 saturated heterocycles. The summed E-state index contributed by atoms with van der Waals surface area (Å²) < 4.78 is 8.07. The Bertz CT molecular complexity index is 2810. The van der Waals surface area contributed by atoms with Gasteiger partial charge >= 0.3 is 5.97 Å². The van der Waals surface area contributed by atoms with Gasteiger partial charge in [0.25, 0.3) is 17.7 Å².